The maximum absolute atomic E-state index is 5.87. The highest BCUT2D eigenvalue weighted by atomic mass is 16.5. The van der Waals surface area contributed by atoms with Crippen LogP contribution in [-0.4, -0.2) is 22.6 Å². The van der Waals surface area contributed by atoms with Gasteiger partial charge in [-0.3, -0.25) is 0 Å². The molecule has 0 bridgehead atoms. The van der Waals surface area contributed by atoms with Gasteiger partial charge in [0.25, 0.3) is 0 Å². The number of aryl methyl sites for hydroxylation is 2. The lowest BCUT2D eigenvalue weighted by molar-refractivity contribution is 0.303. The maximum atomic E-state index is 5.87. The van der Waals surface area contributed by atoms with Crippen LogP contribution in [0.25, 0.3) is 11.3 Å². The first-order valence-electron chi connectivity index (χ1n) is 7.53. The van der Waals surface area contributed by atoms with E-state index < -0.39 is 0 Å². The zero-order valence-electron chi connectivity index (χ0n) is 12.8. The van der Waals surface area contributed by atoms with E-state index in [-0.39, 0.29) is 0 Å². The SMILES string of the molecule is CCNc1nc(C)c(C)nc1-c1cccc(OC2CC2)c1. The molecule has 2 aromatic rings. The summed E-state index contributed by atoms with van der Waals surface area (Å²) in [5.74, 6) is 1.75. The fraction of sp³-hybridized carbons (Fsp3) is 0.412. The summed E-state index contributed by atoms with van der Waals surface area (Å²) >= 11 is 0. The van der Waals surface area contributed by atoms with Crippen LogP contribution < -0.4 is 10.1 Å². The number of hydrogen-bond donors (Lipinski definition) is 1. The van der Waals surface area contributed by atoms with Gasteiger partial charge < -0.3 is 10.1 Å². The normalized spacial score (nSPS) is 14.0. The number of ether oxygens (including phenoxy) is 1. The molecule has 0 unspecified atom stereocenters. The van der Waals surface area contributed by atoms with Crippen LogP contribution in [0, 0.1) is 13.8 Å². The summed E-state index contributed by atoms with van der Waals surface area (Å²) in [6.45, 7) is 6.86. The fourth-order valence-electron chi connectivity index (χ4n) is 2.19. The minimum atomic E-state index is 0.402. The van der Waals surface area contributed by atoms with Crippen molar-refractivity contribution in [3.63, 3.8) is 0 Å². The molecule has 0 amide bonds. The molecule has 1 saturated carbocycles. The third-order valence-corrected chi connectivity index (χ3v) is 3.59. The Kier molecular flexibility index (Phi) is 3.78. The minimum Gasteiger partial charge on any atom is -0.490 e. The first-order valence-corrected chi connectivity index (χ1v) is 7.53. The van der Waals surface area contributed by atoms with Crippen LogP contribution in [0.3, 0.4) is 0 Å². The van der Waals surface area contributed by atoms with Crippen LogP contribution in [0.4, 0.5) is 5.82 Å². The molecular weight excluding hydrogens is 262 g/mol. The molecule has 1 aromatic heterocycles. The van der Waals surface area contributed by atoms with Crippen LogP contribution in [0.2, 0.25) is 0 Å². The first-order chi connectivity index (χ1) is 10.2. The quantitative estimate of drug-likeness (QED) is 0.908. The summed E-state index contributed by atoms with van der Waals surface area (Å²) in [4.78, 5) is 9.34. The largest absolute Gasteiger partial charge is 0.490 e. The Morgan fingerprint density at radius 2 is 1.95 bits per heavy atom. The van der Waals surface area contributed by atoms with Gasteiger partial charge in [-0.15, -0.1) is 0 Å². The molecule has 4 heteroatoms. The molecule has 3 rings (SSSR count). The second-order valence-electron chi connectivity index (χ2n) is 5.47. The van der Waals surface area contributed by atoms with Gasteiger partial charge in [0, 0.05) is 12.1 Å². The Balaban J connectivity index is 1.99. The maximum Gasteiger partial charge on any atom is 0.152 e. The molecule has 1 heterocycles. The van der Waals surface area contributed by atoms with E-state index in [0.717, 1.165) is 53.6 Å². The highest BCUT2D eigenvalue weighted by Gasteiger charge is 2.23. The summed E-state index contributed by atoms with van der Waals surface area (Å²) in [6.07, 6.45) is 2.73. The molecule has 21 heavy (non-hydrogen) atoms. The molecule has 1 N–H and O–H groups in total. The number of benzene rings is 1. The van der Waals surface area contributed by atoms with Crippen LogP contribution in [0.15, 0.2) is 24.3 Å². The standard InChI is InChI=1S/C17H21N3O/c1-4-18-17-16(19-11(2)12(3)20-17)13-6-5-7-15(10-13)21-14-8-9-14/h5-7,10,14H,4,8-9H2,1-3H3,(H,18,20). The molecule has 0 radical (unpaired) electrons. The number of aromatic nitrogens is 2. The van der Waals surface area contributed by atoms with Crippen molar-refractivity contribution in [2.45, 2.75) is 39.7 Å². The van der Waals surface area contributed by atoms with Crippen LogP contribution in [0.1, 0.15) is 31.2 Å². The Morgan fingerprint density at radius 1 is 1.19 bits per heavy atom. The van der Waals surface area contributed by atoms with Gasteiger partial charge in [-0.05, 0) is 45.7 Å². The lowest BCUT2D eigenvalue weighted by Crippen LogP contribution is -2.06. The van der Waals surface area contributed by atoms with Crippen molar-refractivity contribution in [3.8, 4) is 17.0 Å². The average Bonchev–Trinajstić information content (AvgIpc) is 3.27. The van der Waals surface area contributed by atoms with E-state index in [1.54, 1.807) is 0 Å². The van der Waals surface area contributed by atoms with Gasteiger partial charge in [0.2, 0.25) is 0 Å². The summed E-state index contributed by atoms with van der Waals surface area (Å²) in [7, 11) is 0. The molecule has 110 valence electrons. The van der Waals surface area contributed by atoms with Crippen LogP contribution in [-0.2, 0) is 0 Å². The minimum absolute atomic E-state index is 0.402. The summed E-state index contributed by atoms with van der Waals surface area (Å²) in [6, 6.07) is 8.13. The van der Waals surface area contributed by atoms with Crippen molar-refractivity contribution in [2.24, 2.45) is 0 Å². The van der Waals surface area contributed by atoms with Gasteiger partial charge in [0.05, 0.1) is 17.5 Å². The van der Waals surface area contributed by atoms with E-state index in [1.807, 2.05) is 26.0 Å². The van der Waals surface area contributed by atoms with Crippen molar-refractivity contribution in [2.75, 3.05) is 11.9 Å². The molecular formula is C17H21N3O. The molecule has 0 saturated heterocycles. The number of nitrogens with zero attached hydrogens (tertiary/aromatic N) is 2. The molecule has 0 atom stereocenters. The topological polar surface area (TPSA) is 47.0 Å². The lowest BCUT2D eigenvalue weighted by Gasteiger charge is -2.13. The highest BCUT2D eigenvalue weighted by Crippen LogP contribution is 2.31. The Hall–Kier alpha value is -2.10. The Bertz CT molecular complexity index is 650. The first kappa shape index (κ1) is 13.9. The summed E-state index contributed by atoms with van der Waals surface area (Å²) in [5, 5.41) is 3.30. The lowest BCUT2D eigenvalue weighted by atomic mass is 10.1. The third-order valence-electron chi connectivity index (χ3n) is 3.59. The number of hydrogen-bond acceptors (Lipinski definition) is 4. The van der Waals surface area contributed by atoms with E-state index in [2.05, 4.69) is 29.4 Å². The zero-order valence-corrected chi connectivity index (χ0v) is 12.8. The van der Waals surface area contributed by atoms with Gasteiger partial charge >= 0.3 is 0 Å². The molecule has 4 nitrogen and oxygen atoms in total. The monoisotopic (exact) mass is 283 g/mol. The van der Waals surface area contributed by atoms with Crippen molar-refractivity contribution in [3.05, 3.63) is 35.7 Å². The Morgan fingerprint density at radius 3 is 2.67 bits per heavy atom. The molecule has 1 aliphatic carbocycles. The second-order valence-corrected chi connectivity index (χ2v) is 5.47. The van der Waals surface area contributed by atoms with Crippen LogP contribution in [0.5, 0.6) is 5.75 Å². The smallest absolute Gasteiger partial charge is 0.152 e. The highest BCUT2D eigenvalue weighted by molar-refractivity contribution is 5.72. The van der Waals surface area contributed by atoms with Gasteiger partial charge in [0.15, 0.2) is 5.82 Å². The predicted molar refractivity (Wildman–Crippen MR) is 84.8 cm³/mol. The predicted octanol–water partition coefficient (Wildman–Crippen LogP) is 3.73. The number of nitrogens with one attached hydrogen (secondary N) is 1. The van der Waals surface area contributed by atoms with Crippen LogP contribution >= 0.6 is 0 Å². The number of anilines is 1. The van der Waals surface area contributed by atoms with E-state index >= 15 is 0 Å². The Labute approximate surface area is 125 Å². The van der Waals surface area contributed by atoms with Crippen molar-refractivity contribution in [1.29, 1.82) is 0 Å². The molecule has 1 aliphatic rings. The van der Waals surface area contributed by atoms with Gasteiger partial charge in [-0.25, -0.2) is 9.97 Å². The number of rotatable bonds is 5. The average molecular weight is 283 g/mol. The van der Waals surface area contributed by atoms with E-state index in [4.69, 9.17) is 9.72 Å². The van der Waals surface area contributed by atoms with Gasteiger partial charge in [-0.1, -0.05) is 12.1 Å². The van der Waals surface area contributed by atoms with E-state index in [9.17, 15) is 0 Å². The molecule has 0 aliphatic heterocycles. The third kappa shape index (κ3) is 3.15. The van der Waals surface area contributed by atoms with E-state index in [1.165, 1.54) is 0 Å². The second kappa shape index (κ2) is 5.72. The summed E-state index contributed by atoms with van der Waals surface area (Å²) < 4.78 is 5.87. The fourth-order valence-corrected chi connectivity index (χ4v) is 2.19. The van der Waals surface area contributed by atoms with E-state index in [0.29, 0.717) is 6.10 Å². The van der Waals surface area contributed by atoms with Gasteiger partial charge in [0.1, 0.15) is 11.4 Å². The molecule has 1 aromatic carbocycles. The summed E-state index contributed by atoms with van der Waals surface area (Å²) in [5.41, 5.74) is 3.85. The van der Waals surface area contributed by atoms with Crippen molar-refractivity contribution < 1.29 is 4.74 Å². The molecule has 1 fully saturated rings. The zero-order chi connectivity index (χ0) is 14.8. The van der Waals surface area contributed by atoms with Crippen molar-refractivity contribution in [1.82, 2.24) is 9.97 Å². The molecule has 0 spiro atoms. The van der Waals surface area contributed by atoms with Gasteiger partial charge in [-0.2, -0.15) is 0 Å². The van der Waals surface area contributed by atoms with Crippen molar-refractivity contribution >= 4 is 5.82 Å².